The first kappa shape index (κ1) is 9.63. The third-order valence-corrected chi connectivity index (χ3v) is 1.91. The smallest absolute Gasteiger partial charge is 0.293 e. The summed E-state index contributed by atoms with van der Waals surface area (Å²) in [5, 5.41) is 15.4. The van der Waals surface area contributed by atoms with Gasteiger partial charge in [-0.05, 0) is 18.1 Å². The zero-order chi connectivity index (χ0) is 9.84. The van der Waals surface area contributed by atoms with Crippen molar-refractivity contribution >= 4 is 5.91 Å². The van der Waals surface area contributed by atoms with Crippen molar-refractivity contribution in [2.24, 2.45) is 5.92 Å². The van der Waals surface area contributed by atoms with Gasteiger partial charge in [0.2, 0.25) is 0 Å². The molecule has 0 bridgehead atoms. The standard InChI is InChI=1S/C7H13N5O/c1-4(2)5(3)8-7(13)6-9-11-12-10-6/h4-5H,1-3H3,(H,8,13)(H,9,10,11,12). The average Bonchev–Trinajstić information content (AvgIpc) is 2.55. The Morgan fingerprint density at radius 3 is 2.62 bits per heavy atom. The highest BCUT2D eigenvalue weighted by Gasteiger charge is 2.15. The van der Waals surface area contributed by atoms with E-state index in [4.69, 9.17) is 0 Å². The number of aromatic amines is 1. The number of hydrogen-bond acceptors (Lipinski definition) is 4. The molecule has 0 fully saturated rings. The number of rotatable bonds is 3. The predicted molar refractivity (Wildman–Crippen MR) is 45.9 cm³/mol. The molecule has 2 N–H and O–H groups in total. The molecule has 1 unspecified atom stereocenters. The number of nitrogens with one attached hydrogen (secondary N) is 2. The van der Waals surface area contributed by atoms with E-state index in [1.165, 1.54) is 0 Å². The second-order valence-corrected chi connectivity index (χ2v) is 3.24. The molecule has 1 rings (SSSR count). The van der Waals surface area contributed by atoms with Crippen LogP contribution in [-0.4, -0.2) is 32.6 Å². The van der Waals surface area contributed by atoms with E-state index in [1.54, 1.807) is 0 Å². The second-order valence-electron chi connectivity index (χ2n) is 3.24. The molecule has 0 radical (unpaired) electrons. The SMILES string of the molecule is CC(C)C(C)NC(=O)c1nn[nH]n1. The molecule has 1 heterocycles. The molecule has 1 amide bonds. The van der Waals surface area contributed by atoms with Crippen LogP contribution < -0.4 is 5.32 Å². The Labute approximate surface area is 76.1 Å². The summed E-state index contributed by atoms with van der Waals surface area (Å²) in [7, 11) is 0. The van der Waals surface area contributed by atoms with Gasteiger partial charge in [-0.15, -0.1) is 10.2 Å². The Morgan fingerprint density at radius 1 is 1.46 bits per heavy atom. The molecule has 0 spiro atoms. The average molecular weight is 183 g/mol. The van der Waals surface area contributed by atoms with E-state index < -0.39 is 0 Å². The number of carbonyl (C=O) groups is 1. The number of H-pyrrole nitrogens is 1. The summed E-state index contributed by atoms with van der Waals surface area (Å²) in [5.74, 6) is 0.165. The molecule has 1 aromatic heterocycles. The van der Waals surface area contributed by atoms with Crippen LogP contribution in [0.4, 0.5) is 0 Å². The summed E-state index contributed by atoms with van der Waals surface area (Å²) in [6.07, 6.45) is 0. The molecule has 6 nitrogen and oxygen atoms in total. The van der Waals surface area contributed by atoms with E-state index in [0.29, 0.717) is 5.92 Å². The quantitative estimate of drug-likeness (QED) is 0.689. The number of nitrogens with zero attached hydrogens (tertiary/aromatic N) is 3. The van der Waals surface area contributed by atoms with Gasteiger partial charge in [-0.2, -0.15) is 5.21 Å². The predicted octanol–water partition coefficient (Wildman–Crippen LogP) is -0.0260. The van der Waals surface area contributed by atoms with Gasteiger partial charge in [0, 0.05) is 6.04 Å². The summed E-state index contributed by atoms with van der Waals surface area (Å²) in [5.41, 5.74) is 0. The number of carbonyl (C=O) groups excluding carboxylic acids is 1. The Morgan fingerprint density at radius 2 is 2.15 bits per heavy atom. The number of amides is 1. The van der Waals surface area contributed by atoms with Crippen LogP contribution in [0, 0.1) is 5.92 Å². The van der Waals surface area contributed by atoms with Crippen molar-refractivity contribution < 1.29 is 4.79 Å². The van der Waals surface area contributed by atoms with Gasteiger partial charge in [-0.25, -0.2) is 0 Å². The maximum atomic E-state index is 11.3. The first-order chi connectivity index (χ1) is 6.11. The highest BCUT2D eigenvalue weighted by molar-refractivity contribution is 5.90. The van der Waals surface area contributed by atoms with E-state index in [9.17, 15) is 4.79 Å². The van der Waals surface area contributed by atoms with Crippen LogP contribution in [0.5, 0.6) is 0 Å². The minimum Gasteiger partial charge on any atom is -0.346 e. The maximum absolute atomic E-state index is 11.3. The molecule has 0 aliphatic heterocycles. The van der Waals surface area contributed by atoms with E-state index in [1.807, 2.05) is 20.8 Å². The Kier molecular flexibility index (Phi) is 2.94. The minimum absolute atomic E-state index is 0.0764. The molecule has 1 atom stereocenters. The van der Waals surface area contributed by atoms with E-state index in [-0.39, 0.29) is 17.8 Å². The number of tetrazole rings is 1. The van der Waals surface area contributed by atoms with Crippen LogP contribution in [0.1, 0.15) is 31.4 Å². The summed E-state index contributed by atoms with van der Waals surface area (Å²) in [6.45, 7) is 5.99. The molecular formula is C7H13N5O. The molecule has 0 aliphatic carbocycles. The van der Waals surface area contributed by atoms with Crippen LogP contribution in [0.15, 0.2) is 0 Å². The van der Waals surface area contributed by atoms with Gasteiger partial charge in [-0.3, -0.25) is 4.79 Å². The lowest BCUT2D eigenvalue weighted by molar-refractivity contribution is 0.0920. The maximum Gasteiger partial charge on any atom is 0.293 e. The third-order valence-electron chi connectivity index (χ3n) is 1.91. The van der Waals surface area contributed by atoms with Crippen molar-refractivity contribution in [2.45, 2.75) is 26.8 Å². The van der Waals surface area contributed by atoms with Gasteiger partial charge >= 0.3 is 0 Å². The van der Waals surface area contributed by atoms with Gasteiger partial charge in [0.1, 0.15) is 0 Å². The summed E-state index contributed by atoms with van der Waals surface area (Å²) in [6, 6.07) is 0.103. The largest absolute Gasteiger partial charge is 0.346 e. The fourth-order valence-corrected chi connectivity index (χ4v) is 0.696. The Bertz CT molecular complexity index is 268. The normalized spacial score (nSPS) is 12.9. The van der Waals surface area contributed by atoms with E-state index >= 15 is 0 Å². The molecule has 0 saturated heterocycles. The molecular weight excluding hydrogens is 170 g/mol. The fourth-order valence-electron chi connectivity index (χ4n) is 0.696. The highest BCUT2D eigenvalue weighted by atomic mass is 16.2. The summed E-state index contributed by atoms with van der Waals surface area (Å²) in [4.78, 5) is 11.3. The minimum atomic E-state index is -0.296. The molecule has 0 aliphatic rings. The van der Waals surface area contributed by atoms with Crippen molar-refractivity contribution in [3.8, 4) is 0 Å². The topological polar surface area (TPSA) is 83.6 Å². The lowest BCUT2D eigenvalue weighted by Gasteiger charge is -2.15. The van der Waals surface area contributed by atoms with Crippen molar-refractivity contribution in [1.29, 1.82) is 0 Å². The first-order valence-electron chi connectivity index (χ1n) is 4.15. The van der Waals surface area contributed by atoms with Crippen molar-refractivity contribution in [3.63, 3.8) is 0 Å². The molecule has 1 aromatic rings. The van der Waals surface area contributed by atoms with Crippen LogP contribution in [0.2, 0.25) is 0 Å². The summed E-state index contributed by atoms with van der Waals surface area (Å²) < 4.78 is 0. The van der Waals surface area contributed by atoms with Crippen LogP contribution in [0.3, 0.4) is 0 Å². The first-order valence-corrected chi connectivity index (χ1v) is 4.15. The Hall–Kier alpha value is -1.46. The van der Waals surface area contributed by atoms with Gasteiger partial charge in [0.05, 0.1) is 0 Å². The van der Waals surface area contributed by atoms with Crippen LogP contribution in [-0.2, 0) is 0 Å². The van der Waals surface area contributed by atoms with Crippen molar-refractivity contribution in [1.82, 2.24) is 25.9 Å². The fraction of sp³-hybridized carbons (Fsp3) is 0.714. The van der Waals surface area contributed by atoms with Crippen LogP contribution >= 0.6 is 0 Å². The second kappa shape index (κ2) is 3.97. The van der Waals surface area contributed by atoms with Gasteiger partial charge < -0.3 is 5.32 Å². The van der Waals surface area contributed by atoms with Crippen molar-refractivity contribution in [3.05, 3.63) is 5.82 Å². The zero-order valence-electron chi connectivity index (χ0n) is 7.90. The third kappa shape index (κ3) is 2.50. The molecule has 0 saturated carbocycles. The van der Waals surface area contributed by atoms with Gasteiger partial charge in [0.25, 0.3) is 11.7 Å². The number of hydrogen-bond donors (Lipinski definition) is 2. The molecule has 13 heavy (non-hydrogen) atoms. The van der Waals surface area contributed by atoms with Crippen LogP contribution in [0.25, 0.3) is 0 Å². The van der Waals surface area contributed by atoms with E-state index in [0.717, 1.165) is 0 Å². The van der Waals surface area contributed by atoms with Gasteiger partial charge in [-0.1, -0.05) is 13.8 Å². The Balaban J connectivity index is 2.52. The van der Waals surface area contributed by atoms with Crippen molar-refractivity contribution in [2.75, 3.05) is 0 Å². The molecule has 0 aromatic carbocycles. The highest BCUT2D eigenvalue weighted by Crippen LogP contribution is 2.00. The summed E-state index contributed by atoms with van der Waals surface area (Å²) >= 11 is 0. The van der Waals surface area contributed by atoms with E-state index in [2.05, 4.69) is 25.9 Å². The molecule has 6 heteroatoms. The lowest BCUT2D eigenvalue weighted by Crippen LogP contribution is -2.36. The zero-order valence-corrected chi connectivity index (χ0v) is 7.90. The lowest BCUT2D eigenvalue weighted by atomic mass is 10.1. The number of aromatic nitrogens is 4. The molecule has 72 valence electrons. The van der Waals surface area contributed by atoms with Gasteiger partial charge in [0.15, 0.2) is 0 Å². The monoisotopic (exact) mass is 183 g/mol.